The van der Waals surface area contributed by atoms with E-state index in [2.05, 4.69) is 10.3 Å². The van der Waals surface area contributed by atoms with Crippen LogP contribution in [0.25, 0.3) is 16.3 Å². The number of aromatic nitrogens is 1. The molecule has 0 radical (unpaired) electrons. The zero-order chi connectivity index (χ0) is 18.5. The Labute approximate surface area is 154 Å². The Morgan fingerprint density at radius 1 is 1.15 bits per heavy atom. The summed E-state index contributed by atoms with van der Waals surface area (Å²) in [7, 11) is 2.77. The Kier molecular flexibility index (Phi) is 5.28. The molecular formula is C19H16N2O4S. The third-order valence-electron chi connectivity index (χ3n) is 3.58. The SMILES string of the molecule is COC(=O)c1cc(OC)ccc1NC(=O)/C=C/c1nc2ccccc2s1. The van der Waals surface area contributed by atoms with Crippen LogP contribution in [0.2, 0.25) is 0 Å². The van der Waals surface area contributed by atoms with Gasteiger partial charge in [0.2, 0.25) is 5.91 Å². The average molecular weight is 368 g/mol. The fourth-order valence-electron chi connectivity index (χ4n) is 2.32. The van der Waals surface area contributed by atoms with E-state index in [4.69, 9.17) is 9.47 Å². The summed E-state index contributed by atoms with van der Waals surface area (Å²) in [6, 6.07) is 12.5. The number of nitrogens with zero attached hydrogens (tertiary/aromatic N) is 1. The molecule has 0 aliphatic rings. The van der Waals surface area contributed by atoms with Crippen LogP contribution in [-0.2, 0) is 9.53 Å². The predicted molar refractivity (Wildman–Crippen MR) is 102 cm³/mol. The number of carbonyl (C=O) groups excluding carboxylic acids is 2. The quantitative estimate of drug-likeness (QED) is 0.548. The van der Waals surface area contributed by atoms with Crippen molar-refractivity contribution in [3.63, 3.8) is 0 Å². The van der Waals surface area contributed by atoms with Crippen LogP contribution in [0.15, 0.2) is 48.5 Å². The van der Waals surface area contributed by atoms with E-state index in [1.165, 1.54) is 37.7 Å². The standard InChI is InChI=1S/C19H16N2O4S/c1-24-12-7-8-14(13(11-12)19(23)25-2)20-17(22)9-10-18-21-15-5-3-4-6-16(15)26-18/h3-11H,1-2H3,(H,20,22)/b10-9+. The summed E-state index contributed by atoms with van der Waals surface area (Å²) in [4.78, 5) is 28.6. The Morgan fingerprint density at radius 2 is 1.96 bits per heavy atom. The van der Waals surface area contributed by atoms with Crippen molar-refractivity contribution in [1.29, 1.82) is 0 Å². The maximum Gasteiger partial charge on any atom is 0.340 e. The van der Waals surface area contributed by atoms with Crippen molar-refractivity contribution >= 4 is 45.2 Å². The maximum atomic E-state index is 12.2. The molecule has 0 spiro atoms. The second-order valence-electron chi connectivity index (χ2n) is 5.25. The van der Waals surface area contributed by atoms with Crippen LogP contribution in [0, 0.1) is 0 Å². The van der Waals surface area contributed by atoms with Crippen molar-refractivity contribution in [1.82, 2.24) is 4.98 Å². The Morgan fingerprint density at radius 3 is 2.69 bits per heavy atom. The molecule has 0 aliphatic carbocycles. The van der Waals surface area contributed by atoms with E-state index in [9.17, 15) is 9.59 Å². The molecule has 0 aliphatic heterocycles. The molecule has 6 nitrogen and oxygen atoms in total. The van der Waals surface area contributed by atoms with Crippen molar-refractivity contribution < 1.29 is 19.1 Å². The number of carbonyl (C=O) groups is 2. The molecule has 0 saturated heterocycles. The van der Waals surface area contributed by atoms with E-state index in [0.717, 1.165) is 15.2 Å². The number of esters is 1. The van der Waals surface area contributed by atoms with Gasteiger partial charge in [-0.15, -0.1) is 11.3 Å². The Hall–Kier alpha value is -3.19. The fourth-order valence-corrected chi connectivity index (χ4v) is 3.19. The van der Waals surface area contributed by atoms with E-state index in [1.54, 1.807) is 18.2 Å². The molecule has 0 bridgehead atoms. The summed E-state index contributed by atoms with van der Waals surface area (Å²) in [5.41, 5.74) is 1.45. The second kappa shape index (κ2) is 7.79. The lowest BCUT2D eigenvalue weighted by molar-refractivity contribution is -0.111. The van der Waals surface area contributed by atoms with Gasteiger partial charge in [-0.3, -0.25) is 4.79 Å². The molecule has 3 rings (SSSR count). The summed E-state index contributed by atoms with van der Waals surface area (Å²) in [5, 5.41) is 3.40. The minimum absolute atomic E-state index is 0.216. The molecule has 1 aromatic heterocycles. The molecule has 132 valence electrons. The van der Waals surface area contributed by atoms with Crippen molar-refractivity contribution in [3.8, 4) is 5.75 Å². The Balaban J connectivity index is 1.78. The van der Waals surface area contributed by atoms with Gasteiger partial charge in [-0.1, -0.05) is 12.1 Å². The first kappa shape index (κ1) is 17.6. The number of fused-ring (bicyclic) bond motifs is 1. The third-order valence-corrected chi connectivity index (χ3v) is 4.58. The highest BCUT2D eigenvalue weighted by Crippen LogP contribution is 2.24. The smallest absolute Gasteiger partial charge is 0.340 e. The van der Waals surface area contributed by atoms with E-state index in [0.29, 0.717) is 11.4 Å². The zero-order valence-corrected chi connectivity index (χ0v) is 15.0. The van der Waals surface area contributed by atoms with E-state index < -0.39 is 5.97 Å². The molecule has 3 aromatic rings. The van der Waals surface area contributed by atoms with Crippen LogP contribution in [0.1, 0.15) is 15.4 Å². The number of para-hydroxylation sites is 1. The molecule has 1 heterocycles. The van der Waals surface area contributed by atoms with Gasteiger partial charge in [0.15, 0.2) is 0 Å². The summed E-state index contributed by atoms with van der Waals surface area (Å²) < 4.78 is 10.9. The molecule has 0 saturated carbocycles. The first-order valence-electron chi connectivity index (χ1n) is 7.71. The predicted octanol–water partition coefficient (Wildman–Crippen LogP) is 3.74. The first-order valence-corrected chi connectivity index (χ1v) is 8.53. The Bertz CT molecular complexity index is 961. The van der Waals surface area contributed by atoms with E-state index in [1.807, 2.05) is 24.3 Å². The fraction of sp³-hybridized carbons (Fsp3) is 0.105. The van der Waals surface area contributed by atoms with Gasteiger partial charge in [-0.05, 0) is 36.4 Å². The topological polar surface area (TPSA) is 77.5 Å². The molecule has 0 fully saturated rings. The minimum Gasteiger partial charge on any atom is -0.497 e. The zero-order valence-electron chi connectivity index (χ0n) is 14.2. The largest absolute Gasteiger partial charge is 0.497 e. The molecule has 0 unspecified atom stereocenters. The number of methoxy groups -OCH3 is 2. The number of ether oxygens (including phenoxy) is 2. The molecule has 1 amide bonds. The van der Waals surface area contributed by atoms with E-state index >= 15 is 0 Å². The third kappa shape index (κ3) is 3.89. The highest BCUT2D eigenvalue weighted by Gasteiger charge is 2.14. The number of nitrogens with one attached hydrogen (secondary N) is 1. The number of benzene rings is 2. The van der Waals surface area contributed by atoms with Gasteiger partial charge >= 0.3 is 5.97 Å². The van der Waals surface area contributed by atoms with Gasteiger partial charge in [0, 0.05) is 6.08 Å². The number of thiazole rings is 1. The lowest BCUT2D eigenvalue weighted by atomic mass is 10.1. The van der Waals surface area contributed by atoms with Crippen LogP contribution in [-0.4, -0.2) is 31.1 Å². The molecule has 2 aromatic carbocycles. The normalized spacial score (nSPS) is 10.8. The highest BCUT2D eigenvalue weighted by molar-refractivity contribution is 7.19. The summed E-state index contributed by atoms with van der Waals surface area (Å²) in [6.07, 6.45) is 3.02. The van der Waals surface area contributed by atoms with Gasteiger partial charge in [0.1, 0.15) is 10.8 Å². The minimum atomic E-state index is -0.561. The number of hydrogen-bond acceptors (Lipinski definition) is 6. The number of amides is 1. The van der Waals surface area contributed by atoms with Gasteiger partial charge in [-0.2, -0.15) is 0 Å². The first-order chi connectivity index (χ1) is 12.6. The van der Waals surface area contributed by atoms with Crippen LogP contribution >= 0.6 is 11.3 Å². The van der Waals surface area contributed by atoms with Crippen LogP contribution in [0.3, 0.4) is 0 Å². The molecule has 26 heavy (non-hydrogen) atoms. The average Bonchev–Trinajstić information content (AvgIpc) is 3.09. The summed E-state index contributed by atoms with van der Waals surface area (Å²) >= 11 is 1.49. The molecule has 0 atom stereocenters. The van der Waals surface area contributed by atoms with Crippen molar-refractivity contribution in [2.45, 2.75) is 0 Å². The van der Waals surface area contributed by atoms with Crippen LogP contribution < -0.4 is 10.1 Å². The monoisotopic (exact) mass is 368 g/mol. The van der Waals surface area contributed by atoms with E-state index in [-0.39, 0.29) is 11.5 Å². The molecule has 1 N–H and O–H groups in total. The maximum absolute atomic E-state index is 12.2. The number of anilines is 1. The van der Waals surface area contributed by atoms with Gasteiger partial charge in [0.25, 0.3) is 0 Å². The number of hydrogen-bond donors (Lipinski definition) is 1. The van der Waals surface area contributed by atoms with Crippen molar-refractivity contribution in [2.75, 3.05) is 19.5 Å². The summed E-state index contributed by atoms with van der Waals surface area (Å²) in [6.45, 7) is 0. The van der Waals surface area contributed by atoms with Crippen molar-refractivity contribution in [2.24, 2.45) is 0 Å². The van der Waals surface area contributed by atoms with Gasteiger partial charge in [-0.25, -0.2) is 9.78 Å². The van der Waals surface area contributed by atoms with Gasteiger partial charge in [0.05, 0.1) is 35.7 Å². The number of rotatable bonds is 5. The van der Waals surface area contributed by atoms with Crippen LogP contribution in [0.4, 0.5) is 5.69 Å². The van der Waals surface area contributed by atoms with Crippen LogP contribution in [0.5, 0.6) is 5.75 Å². The van der Waals surface area contributed by atoms with Crippen molar-refractivity contribution in [3.05, 3.63) is 59.1 Å². The lowest BCUT2D eigenvalue weighted by Crippen LogP contribution is -2.13. The highest BCUT2D eigenvalue weighted by atomic mass is 32.1. The second-order valence-corrected chi connectivity index (χ2v) is 6.31. The molecule has 7 heteroatoms. The molecular weight excluding hydrogens is 352 g/mol. The summed E-state index contributed by atoms with van der Waals surface area (Å²) in [5.74, 6) is -0.442. The lowest BCUT2D eigenvalue weighted by Gasteiger charge is -2.10. The van der Waals surface area contributed by atoms with Gasteiger partial charge < -0.3 is 14.8 Å².